The first kappa shape index (κ1) is 36.5. The third-order valence-corrected chi connectivity index (χ3v) is 12.0. The zero-order chi connectivity index (χ0) is 39.6. The van der Waals surface area contributed by atoms with Gasteiger partial charge in [-0.1, -0.05) is 158 Å². The maximum Gasteiger partial charge on any atom is 0.136 e. The van der Waals surface area contributed by atoms with E-state index in [4.69, 9.17) is 9.83 Å². The van der Waals surface area contributed by atoms with E-state index in [1.165, 1.54) is 52.8 Å². The van der Waals surface area contributed by atoms with Crippen molar-refractivity contribution in [1.29, 1.82) is 5.41 Å². The predicted octanol–water partition coefficient (Wildman–Crippen LogP) is 15.3. The molecule has 0 aliphatic rings. The van der Waals surface area contributed by atoms with Gasteiger partial charge in [-0.2, -0.15) is 0 Å². The number of nitrogens with zero attached hydrogens (tertiary/aromatic N) is 1. The monoisotopic (exact) mass is 764 g/mol. The smallest absolute Gasteiger partial charge is 0.136 e. The van der Waals surface area contributed by atoms with Crippen molar-refractivity contribution in [1.82, 2.24) is 0 Å². The van der Waals surface area contributed by atoms with Crippen molar-refractivity contribution in [3.8, 4) is 22.3 Å². The van der Waals surface area contributed by atoms with E-state index in [1.54, 1.807) is 7.05 Å². The van der Waals surface area contributed by atoms with Crippen molar-refractivity contribution in [3.63, 3.8) is 0 Å². The Morgan fingerprint density at radius 1 is 0.517 bits per heavy atom. The van der Waals surface area contributed by atoms with Gasteiger partial charge in [-0.25, -0.2) is 0 Å². The molecule has 0 atom stereocenters. The fraction of sp³-hybridized carbons (Fsp3) is 0.0370. The fourth-order valence-corrected chi connectivity index (χ4v) is 9.08. The van der Waals surface area contributed by atoms with Gasteiger partial charge in [0.1, 0.15) is 11.2 Å². The van der Waals surface area contributed by atoms with Crippen LogP contribution in [-0.2, 0) is 0 Å². The van der Waals surface area contributed by atoms with Crippen molar-refractivity contribution in [2.24, 2.45) is 4.99 Å². The number of nitrogens with one attached hydrogen (secondary N) is 1. The van der Waals surface area contributed by atoms with E-state index in [-0.39, 0.29) is 0 Å². The molecule has 58 heavy (non-hydrogen) atoms. The molecule has 0 amide bonds. The molecule has 2 aromatic heterocycles. The lowest BCUT2D eigenvalue weighted by atomic mass is 9.94. The minimum Gasteiger partial charge on any atom is -0.456 e. The molecular weight excluding hydrogens is 725 g/mol. The van der Waals surface area contributed by atoms with E-state index in [0.717, 1.165) is 49.8 Å². The zero-order valence-corrected chi connectivity index (χ0v) is 33.2. The lowest BCUT2D eigenvalue weighted by molar-refractivity contribution is 0.669. The van der Waals surface area contributed by atoms with Crippen molar-refractivity contribution in [3.05, 3.63) is 205 Å². The van der Waals surface area contributed by atoms with Crippen LogP contribution in [0.5, 0.6) is 0 Å². The molecule has 0 unspecified atom stereocenters. The van der Waals surface area contributed by atoms with Gasteiger partial charge in [0.25, 0.3) is 0 Å². The van der Waals surface area contributed by atoms with Gasteiger partial charge in [0.2, 0.25) is 0 Å². The lowest BCUT2D eigenvalue weighted by Crippen LogP contribution is -2.00. The minimum atomic E-state index is 0.525. The van der Waals surface area contributed by atoms with Crippen molar-refractivity contribution >= 4 is 87.4 Å². The number of aliphatic imine (C=N–C) groups is 1. The van der Waals surface area contributed by atoms with Gasteiger partial charge in [-0.15, -0.1) is 11.3 Å². The van der Waals surface area contributed by atoms with E-state index in [2.05, 4.69) is 158 Å². The van der Waals surface area contributed by atoms with Crippen molar-refractivity contribution in [2.75, 3.05) is 7.05 Å². The maximum atomic E-state index is 8.65. The Kier molecular flexibility index (Phi) is 9.93. The average Bonchev–Trinajstić information content (AvgIpc) is 3.86. The third-order valence-electron chi connectivity index (χ3n) is 10.7. The minimum absolute atomic E-state index is 0.525. The highest BCUT2D eigenvalue weighted by Crippen LogP contribution is 2.40. The van der Waals surface area contributed by atoms with E-state index in [1.807, 2.05) is 59.9 Å². The zero-order valence-electron chi connectivity index (χ0n) is 32.4. The second-order valence-corrected chi connectivity index (χ2v) is 15.5. The molecular formula is C54H40N2OS. The average molecular weight is 765 g/mol. The Balaban J connectivity index is 0.000000213. The molecule has 3 nitrogen and oxygen atoms in total. The molecule has 278 valence electrons. The van der Waals surface area contributed by atoms with E-state index in [0.29, 0.717) is 5.71 Å². The maximum absolute atomic E-state index is 8.65. The van der Waals surface area contributed by atoms with Crippen LogP contribution < -0.4 is 0 Å². The topological polar surface area (TPSA) is 49.4 Å². The fourth-order valence-electron chi connectivity index (χ4n) is 7.90. The van der Waals surface area contributed by atoms with Gasteiger partial charge < -0.3 is 9.41 Å². The number of benzene rings is 9. The van der Waals surface area contributed by atoms with Crippen LogP contribution in [0.4, 0.5) is 0 Å². The molecule has 0 saturated heterocycles. The largest absolute Gasteiger partial charge is 0.456 e. The Morgan fingerprint density at radius 3 is 1.90 bits per heavy atom. The van der Waals surface area contributed by atoms with Crippen molar-refractivity contribution in [2.45, 2.75) is 6.92 Å². The number of fused-ring (bicyclic) bond motifs is 9. The summed E-state index contributed by atoms with van der Waals surface area (Å²) >= 11 is 1.89. The van der Waals surface area contributed by atoms with E-state index in [9.17, 15) is 0 Å². The number of hydrogen-bond acceptors (Lipinski definition) is 4. The van der Waals surface area contributed by atoms with Gasteiger partial charge >= 0.3 is 0 Å². The molecule has 9 aromatic carbocycles. The molecule has 0 fully saturated rings. The second-order valence-electron chi connectivity index (χ2n) is 14.4. The summed E-state index contributed by atoms with van der Waals surface area (Å²) in [5, 5.41) is 18.7. The summed E-state index contributed by atoms with van der Waals surface area (Å²) in [4.78, 5) is 3.25. The van der Waals surface area contributed by atoms with Crippen LogP contribution in [0.2, 0.25) is 0 Å². The normalized spacial score (nSPS) is 11.1. The number of aryl methyl sites for hydroxylation is 1. The third kappa shape index (κ3) is 6.85. The predicted molar refractivity (Wildman–Crippen MR) is 252 cm³/mol. The summed E-state index contributed by atoms with van der Waals surface area (Å²) in [6, 6.07) is 65.7. The van der Waals surface area contributed by atoms with E-state index >= 15 is 0 Å². The van der Waals surface area contributed by atoms with Crippen LogP contribution in [0.25, 0.3) is 85.9 Å². The quantitative estimate of drug-likeness (QED) is 0.141. The molecule has 0 aliphatic heterocycles. The Labute approximate surface area is 341 Å². The first-order chi connectivity index (χ1) is 28.5. The second kappa shape index (κ2) is 15.8. The highest BCUT2D eigenvalue weighted by atomic mass is 32.1. The summed E-state index contributed by atoms with van der Waals surface area (Å²) in [5.41, 5.74) is 10.0. The highest BCUT2D eigenvalue weighted by molar-refractivity contribution is 7.26. The van der Waals surface area contributed by atoms with Crippen molar-refractivity contribution < 1.29 is 4.42 Å². The van der Waals surface area contributed by atoms with Gasteiger partial charge in [0, 0.05) is 43.6 Å². The summed E-state index contributed by atoms with van der Waals surface area (Å²) < 4.78 is 9.13. The lowest BCUT2D eigenvalue weighted by Gasteiger charge is -2.09. The van der Waals surface area contributed by atoms with Gasteiger partial charge in [-0.05, 0) is 98.9 Å². The SMILES string of the molecule is C=NC.Cc1cccc2c1sc1ccccc12.N=C(c1ccccc1)c1ccc(-c2cccc3oc4ccc(-c5ccc6ccc7ccccc7c6c5)cc4c23)cc1. The van der Waals surface area contributed by atoms with Crippen LogP contribution in [0.15, 0.2) is 197 Å². The first-order valence-corrected chi connectivity index (χ1v) is 20.2. The Morgan fingerprint density at radius 2 is 1.10 bits per heavy atom. The summed E-state index contributed by atoms with van der Waals surface area (Å²) in [6.07, 6.45) is 0. The first-order valence-electron chi connectivity index (χ1n) is 19.3. The molecule has 0 radical (unpaired) electrons. The molecule has 0 saturated carbocycles. The van der Waals surface area contributed by atoms with Crippen LogP contribution >= 0.6 is 11.3 Å². The van der Waals surface area contributed by atoms with Crippen LogP contribution in [0.1, 0.15) is 16.7 Å². The number of furan rings is 1. The highest BCUT2D eigenvalue weighted by Gasteiger charge is 2.15. The van der Waals surface area contributed by atoms with Crippen LogP contribution in [-0.4, -0.2) is 19.5 Å². The van der Waals surface area contributed by atoms with Gasteiger partial charge in [-0.3, -0.25) is 5.41 Å². The van der Waals surface area contributed by atoms with Crippen LogP contribution in [0, 0.1) is 12.3 Å². The summed E-state index contributed by atoms with van der Waals surface area (Å²) in [6.45, 7) is 5.29. The van der Waals surface area contributed by atoms with E-state index < -0.39 is 0 Å². The molecule has 2 heterocycles. The van der Waals surface area contributed by atoms with Gasteiger partial charge in [0.15, 0.2) is 0 Å². The molecule has 4 heteroatoms. The summed E-state index contributed by atoms with van der Waals surface area (Å²) in [5.74, 6) is 0. The van der Waals surface area contributed by atoms with Crippen LogP contribution in [0.3, 0.4) is 0 Å². The van der Waals surface area contributed by atoms with Gasteiger partial charge in [0.05, 0.1) is 5.71 Å². The molecule has 11 aromatic rings. The Hall–Kier alpha value is -7.14. The number of thiophene rings is 1. The molecule has 0 aliphatic carbocycles. The number of hydrogen-bond donors (Lipinski definition) is 1. The molecule has 0 bridgehead atoms. The summed E-state index contributed by atoms with van der Waals surface area (Å²) in [7, 11) is 1.64. The Bertz CT molecular complexity index is 3280. The molecule has 1 N–H and O–H groups in total. The standard InChI is InChI=1S/C39H25NO.C13H10S.C2H5N/c40-39(28-8-2-1-3-9-28)29-18-15-26(16-19-29)33-11-6-12-37-38(33)35-24-31(21-22-36(35)41-37)30-20-17-27-14-13-25-7-4-5-10-32(25)34(27)23-30;1-9-5-4-7-11-10-6-2-3-8-12(10)14-13(9)11;1-3-2/h1-24,40H;2-8H,1H3;1H2,2H3. The molecule has 11 rings (SSSR count). The molecule has 0 spiro atoms. The number of rotatable bonds is 4.